The lowest BCUT2D eigenvalue weighted by Gasteiger charge is -2.01. The maximum Gasteiger partial charge on any atom is 0.485 e. The zero-order valence-electron chi connectivity index (χ0n) is 5.50. The summed E-state index contributed by atoms with van der Waals surface area (Å²) in [5, 5.41) is 16.8. The molecule has 0 aromatic rings. The first kappa shape index (κ1) is 8.68. The second-order valence-electron chi connectivity index (χ2n) is 1.67. The van der Waals surface area contributed by atoms with E-state index < -0.39 is 7.12 Å². The van der Waals surface area contributed by atoms with Gasteiger partial charge in [-0.05, 0) is 12.4 Å². The summed E-state index contributed by atoms with van der Waals surface area (Å²) in [6.07, 6.45) is 0. The first-order valence-electron chi connectivity index (χ1n) is 2.80. The zero-order valence-corrected chi connectivity index (χ0v) is 5.50. The Morgan fingerprint density at radius 1 is 1.67 bits per heavy atom. The molecule has 52 valence electrons. The normalized spacial score (nSPS) is 9.22. The highest BCUT2D eigenvalue weighted by Gasteiger charge is 2.10. The van der Waals surface area contributed by atoms with Crippen molar-refractivity contribution in [3.63, 3.8) is 0 Å². The number of hydrogen-bond donors (Lipinski definition) is 2. The van der Waals surface area contributed by atoms with Crippen LogP contribution in [-0.4, -0.2) is 30.4 Å². The van der Waals surface area contributed by atoms with E-state index in [2.05, 4.69) is 6.58 Å². The third-order valence-electron chi connectivity index (χ3n) is 0.857. The van der Waals surface area contributed by atoms with Crippen LogP contribution in [0.15, 0.2) is 12.1 Å². The molecule has 0 atom stereocenters. The monoisotopic (exact) mass is 130 g/mol. The Balaban J connectivity index is 3.28. The second-order valence-corrected chi connectivity index (χ2v) is 1.67. The third-order valence-corrected chi connectivity index (χ3v) is 0.857. The molecule has 0 amide bonds. The molecule has 0 aliphatic heterocycles. The van der Waals surface area contributed by atoms with Gasteiger partial charge in [-0.1, -0.05) is 0 Å². The van der Waals surface area contributed by atoms with Gasteiger partial charge in [-0.25, -0.2) is 0 Å². The van der Waals surface area contributed by atoms with Crippen molar-refractivity contribution in [1.82, 2.24) is 0 Å². The van der Waals surface area contributed by atoms with Crippen LogP contribution < -0.4 is 0 Å². The molecule has 3 nitrogen and oxygen atoms in total. The maximum atomic E-state index is 8.42. The molecule has 0 rings (SSSR count). The van der Waals surface area contributed by atoms with Crippen molar-refractivity contribution in [3.8, 4) is 0 Å². The van der Waals surface area contributed by atoms with E-state index in [0.717, 1.165) is 0 Å². The number of rotatable bonds is 4. The Labute approximate surface area is 55.1 Å². The number of ether oxygens (including phenoxy) is 1. The van der Waals surface area contributed by atoms with Crippen LogP contribution in [-0.2, 0) is 4.74 Å². The fourth-order valence-corrected chi connectivity index (χ4v) is 0.308. The molecule has 0 aliphatic rings. The summed E-state index contributed by atoms with van der Waals surface area (Å²) >= 11 is 0. The lowest BCUT2D eigenvalue weighted by Crippen LogP contribution is -2.18. The van der Waals surface area contributed by atoms with E-state index in [0.29, 0.717) is 6.61 Å². The van der Waals surface area contributed by atoms with Crippen LogP contribution in [0.5, 0.6) is 0 Å². The molecule has 0 radical (unpaired) electrons. The second kappa shape index (κ2) is 4.55. The Morgan fingerprint density at radius 2 is 2.22 bits per heavy atom. The lowest BCUT2D eigenvalue weighted by atomic mass is 9.81. The van der Waals surface area contributed by atoms with Crippen LogP contribution in [0.25, 0.3) is 0 Å². The molecule has 4 heteroatoms. The summed E-state index contributed by atoms with van der Waals surface area (Å²) in [6.45, 7) is 5.97. The summed E-state index contributed by atoms with van der Waals surface area (Å²) in [5.74, 6) is 0. The highest BCUT2D eigenvalue weighted by molar-refractivity contribution is 6.50. The molecule has 9 heavy (non-hydrogen) atoms. The van der Waals surface area contributed by atoms with E-state index in [9.17, 15) is 0 Å². The van der Waals surface area contributed by atoms with Crippen molar-refractivity contribution in [2.75, 3.05) is 13.2 Å². The first-order valence-corrected chi connectivity index (χ1v) is 2.80. The molecule has 0 aliphatic carbocycles. The molecule has 0 fully saturated rings. The van der Waals surface area contributed by atoms with Crippen LogP contribution in [0.2, 0.25) is 0 Å². The lowest BCUT2D eigenvalue weighted by molar-refractivity contribution is 0.172. The van der Waals surface area contributed by atoms with E-state index in [4.69, 9.17) is 14.8 Å². The molecule has 2 N–H and O–H groups in total. The summed E-state index contributed by atoms with van der Waals surface area (Å²) in [4.78, 5) is 0. The average Bonchev–Trinajstić information content (AvgIpc) is 1.82. The molecule has 0 aromatic heterocycles. The van der Waals surface area contributed by atoms with Gasteiger partial charge in [0.25, 0.3) is 0 Å². The van der Waals surface area contributed by atoms with E-state index in [1.54, 1.807) is 0 Å². The average molecular weight is 130 g/mol. The van der Waals surface area contributed by atoms with E-state index in [1.807, 2.05) is 6.92 Å². The van der Waals surface area contributed by atoms with Gasteiger partial charge in [0.15, 0.2) is 0 Å². The number of hydrogen-bond acceptors (Lipinski definition) is 3. The van der Waals surface area contributed by atoms with E-state index in [-0.39, 0.29) is 12.1 Å². The molecular formula is C5H11BO3. The summed E-state index contributed by atoms with van der Waals surface area (Å²) in [5.41, 5.74) is 0.289. The maximum absolute atomic E-state index is 8.42. The largest absolute Gasteiger partial charge is 0.485 e. The first-order chi connectivity index (χ1) is 4.18. The Hall–Kier alpha value is -0.315. The smallest absolute Gasteiger partial charge is 0.423 e. The predicted octanol–water partition coefficient (Wildman–Crippen LogP) is -0.409. The van der Waals surface area contributed by atoms with Crippen molar-refractivity contribution in [2.24, 2.45) is 0 Å². The molecule has 0 spiro atoms. The van der Waals surface area contributed by atoms with Crippen molar-refractivity contribution < 1.29 is 14.8 Å². The van der Waals surface area contributed by atoms with Crippen LogP contribution in [0, 0.1) is 0 Å². The third kappa shape index (κ3) is 4.21. The molecule has 0 bridgehead atoms. The van der Waals surface area contributed by atoms with Gasteiger partial charge in [-0.15, -0.1) is 6.58 Å². The van der Waals surface area contributed by atoms with E-state index in [1.165, 1.54) is 0 Å². The zero-order chi connectivity index (χ0) is 7.28. The quantitative estimate of drug-likeness (QED) is 0.508. The Kier molecular flexibility index (Phi) is 4.39. The topological polar surface area (TPSA) is 49.7 Å². The standard InChI is InChI=1S/C5H11BO3/c1-3-9-4-5(2)6(7)8/h7-8H,2-4H2,1H3. The molecule has 0 aromatic carbocycles. The minimum atomic E-state index is -1.45. The van der Waals surface area contributed by atoms with Gasteiger partial charge in [-0.3, -0.25) is 0 Å². The van der Waals surface area contributed by atoms with Gasteiger partial charge in [0.2, 0.25) is 0 Å². The Morgan fingerprint density at radius 3 is 2.56 bits per heavy atom. The highest BCUT2D eigenvalue weighted by atomic mass is 16.5. The van der Waals surface area contributed by atoms with Crippen molar-refractivity contribution in [1.29, 1.82) is 0 Å². The van der Waals surface area contributed by atoms with Crippen molar-refractivity contribution >= 4 is 7.12 Å². The van der Waals surface area contributed by atoms with Crippen LogP contribution in [0.1, 0.15) is 6.92 Å². The van der Waals surface area contributed by atoms with Gasteiger partial charge in [0.1, 0.15) is 0 Å². The molecule has 0 unspecified atom stereocenters. The Bertz CT molecular complexity index is 92.2. The minimum Gasteiger partial charge on any atom is -0.423 e. The van der Waals surface area contributed by atoms with Gasteiger partial charge >= 0.3 is 7.12 Å². The van der Waals surface area contributed by atoms with Crippen molar-refractivity contribution in [2.45, 2.75) is 6.92 Å². The SMILES string of the molecule is C=C(COCC)B(O)O. The minimum absolute atomic E-state index is 0.216. The summed E-state index contributed by atoms with van der Waals surface area (Å²) in [7, 11) is -1.45. The van der Waals surface area contributed by atoms with Crippen molar-refractivity contribution in [3.05, 3.63) is 12.1 Å². The molecule has 0 saturated heterocycles. The van der Waals surface area contributed by atoms with E-state index >= 15 is 0 Å². The van der Waals surface area contributed by atoms with Crippen LogP contribution in [0.3, 0.4) is 0 Å². The summed E-state index contributed by atoms with van der Waals surface area (Å²) < 4.78 is 4.84. The van der Waals surface area contributed by atoms with Crippen LogP contribution >= 0.6 is 0 Å². The molecule has 0 heterocycles. The fourth-order valence-electron chi connectivity index (χ4n) is 0.308. The predicted molar refractivity (Wildman–Crippen MR) is 35.8 cm³/mol. The van der Waals surface area contributed by atoms with Gasteiger partial charge < -0.3 is 14.8 Å². The molecular weight excluding hydrogens is 119 g/mol. The molecule has 0 saturated carbocycles. The van der Waals surface area contributed by atoms with Crippen LogP contribution in [0.4, 0.5) is 0 Å². The van der Waals surface area contributed by atoms with Gasteiger partial charge in [0, 0.05) is 6.61 Å². The summed E-state index contributed by atoms with van der Waals surface area (Å²) in [6, 6.07) is 0. The fraction of sp³-hybridized carbons (Fsp3) is 0.600. The van der Waals surface area contributed by atoms with Gasteiger partial charge in [0.05, 0.1) is 6.61 Å². The highest BCUT2D eigenvalue weighted by Crippen LogP contribution is 1.91. The van der Waals surface area contributed by atoms with Gasteiger partial charge in [-0.2, -0.15) is 0 Å².